The highest BCUT2D eigenvalue weighted by molar-refractivity contribution is 7.92. The number of hydrogen-bond donors (Lipinski definition) is 0. The van der Waals surface area contributed by atoms with Crippen molar-refractivity contribution in [2.75, 3.05) is 24.1 Å². The van der Waals surface area contributed by atoms with Gasteiger partial charge in [-0.3, -0.25) is 8.71 Å². The van der Waals surface area contributed by atoms with Gasteiger partial charge in [0.25, 0.3) is 10.0 Å². The molecule has 0 saturated heterocycles. The van der Waals surface area contributed by atoms with Crippen molar-refractivity contribution in [2.45, 2.75) is 11.8 Å². The largest absolute Gasteiger partial charge is 0.486 e. The average Bonchev–Trinajstić information content (AvgIpc) is 3.06. The fraction of sp³-hybridized carbons (Fsp3) is 0.235. The molecule has 0 spiro atoms. The summed E-state index contributed by atoms with van der Waals surface area (Å²) in [4.78, 5) is 0.0306. The highest BCUT2D eigenvalue weighted by Gasteiger charge is 2.27. The van der Waals surface area contributed by atoms with Gasteiger partial charge in [-0.25, -0.2) is 8.42 Å². The summed E-state index contributed by atoms with van der Waals surface area (Å²) in [6.45, 7) is 2.20. The second kappa shape index (κ2) is 6.44. The molecular formula is C17H15N5O4S. The third-order valence-electron chi connectivity index (χ3n) is 4.16. The average molecular weight is 385 g/mol. The van der Waals surface area contributed by atoms with Crippen LogP contribution in [0.1, 0.15) is 5.82 Å². The number of fused-ring (bicyclic) bond motifs is 2. The van der Waals surface area contributed by atoms with Crippen molar-refractivity contribution in [1.82, 2.24) is 14.6 Å². The van der Waals surface area contributed by atoms with E-state index >= 15 is 0 Å². The van der Waals surface area contributed by atoms with E-state index < -0.39 is 10.0 Å². The number of benzene rings is 1. The molecule has 10 heteroatoms. The maximum atomic E-state index is 13.2. The molecule has 2 aromatic heterocycles. The van der Waals surface area contributed by atoms with Crippen LogP contribution in [0.4, 0.5) is 5.69 Å². The number of anilines is 1. The number of aromatic nitrogens is 3. The normalized spacial score (nSPS) is 13.3. The number of nitriles is 1. The molecule has 1 aliphatic heterocycles. The van der Waals surface area contributed by atoms with Gasteiger partial charge in [-0.05, 0) is 31.2 Å². The lowest BCUT2D eigenvalue weighted by Crippen LogP contribution is -2.31. The summed E-state index contributed by atoms with van der Waals surface area (Å²) in [7, 11) is -3.99. The highest BCUT2D eigenvalue weighted by Crippen LogP contribution is 2.35. The maximum Gasteiger partial charge on any atom is 0.266 e. The SMILES string of the molecule is Cc1nnc2ccc(S(=O)(=O)N(CC#N)c3ccc4c(c3)OCCO4)cn12. The van der Waals surface area contributed by atoms with Crippen molar-refractivity contribution >= 4 is 21.4 Å². The van der Waals surface area contributed by atoms with E-state index in [-0.39, 0.29) is 11.4 Å². The van der Waals surface area contributed by atoms with Crippen LogP contribution in [-0.2, 0) is 10.0 Å². The minimum Gasteiger partial charge on any atom is -0.486 e. The van der Waals surface area contributed by atoms with Gasteiger partial charge in [-0.2, -0.15) is 5.26 Å². The van der Waals surface area contributed by atoms with Gasteiger partial charge in [0.15, 0.2) is 17.1 Å². The Bertz CT molecular complexity index is 1170. The molecular weight excluding hydrogens is 370 g/mol. The number of nitrogens with zero attached hydrogens (tertiary/aromatic N) is 5. The second-order valence-electron chi connectivity index (χ2n) is 5.84. The Labute approximate surface area is 155 Å². The van der Waals surface area contributed by atoms with Crippen molar-refractivity contribution in [3.8, 4) is 17.6 Å². The van der Waals surface area contributed by atoms with Crippen LogP contribution in [0.5, 0.6) is 11.5 Å². The van der Waals surface area contributed by atoms with Crippen LogP contribution in [0.15, 0.2) is 41.4 Å². The quantitative estimate of drug-likeness (QED) is 0.626. The molecule has 9 nitrogen and oxygen atoms in total. The lowest BCUT2D eigenvalue weighted by Gasteiger charge is -2.24. The summed E-state index contributed by atoms with van der Waals surface area (Å²) < 4.78 is 40.0. The fourth-order valence-corrected chi connectivity index (χ4v) is 4.18. The Kier molecular flexibility index (Phi) is 4.08. The van der Waals surface area contributed by atoms with Crippen LogP contribution in [0, 0.1) is 18.3 Å². The standard InChI is InChI=1S/C17H15N5O4S/c1-12-19-20-17-5-3-14(11-21(12)17)27(23,24)22(7-6-18)13-2-4-15-16(10-13)26-9-8-25-15/h2-5,10-11H,7-9H2,1H3. The molecule has 0 atom stereocenters. The summed E-state index contributed by atoms with van der Waals surface area (Å²) in [6.07, 6.45) is 1.45. The van der Waals surface area contributed by atoms with Crippen LogP contribution >= 0.6 is 0 Å². The topological polar surface area (TPSA) is 110 Å². The first kappa shape index (κ1) is 17.1. The predicted molar refractivity (Wildman–Crippen MR) is 95.3 cm³/mol. The van der Waals surface area contributed by atoms with E-state index in [1.807, 2.05) is 6.07 Å². The molecule has 0 fully saturated rings. The smallest absolute Gasteiger partial charge is 0.266 e. The molecule has 0 bridgehead atoms. The van der Waals surface area contributed by atoms with Gasteiger partial charge in [-0.15, -0.1) is 10.2 Å². The first-order valence-corrected chi connectivity index (χ1v) is 9.55. The minimum atomic E-state index is -3.99. The van der Waals surface area contributed by atoms with Crippen LogP contribution < -0.4 is 13.8 Å². The molecule has 138 valence electrons. The molecule has 0 amide bonds. The first-order valence-electron chi connectivity index (χ1n) is 8.11. The molecule has 1 aliphatic rings. The summed E-state index contributed by atoms with van der Waals surface area (Å²) in [5.74, 6) is 1.55. The van der Waals surface area contributed by atoms with E-state index in [1.165, 1.54) is 12.3 Å². The third kappa shape index (κ3) is 2.92. The van der Waals surface area contributed by atoms with Gasteiger partial charge in [-0.1, -0.05) is 0 Å². The molecule has 3 heterocycles. The Morgan fingerprint density at radius 3 is 2.74 bits per heavy atom. The molecule has 0 radical (unpaired) electrons. The van der Waals surface area contributed by atoms with Gasteiger partial charge < -0.3 is 9.47 Å². The van der Waals surface area contributed by atoms with E-state index in [1.54, 1.807) is 35.6 Å². The van der Waals surface area contributed by atoms with E-state index in [2.05, 4.69) is 10.2 Å². The predicted octanol–water partition coefficient (Wildman–Crippen LogP) is 1.53. The zero-order valence-electron chi connectivity index (χ0n) is 14.4. The Hall–Kier alpha value is -3.32. The van der Waals surface area contributed by atoms with Crippen LogP contribution in [0.25, 0.3) is 5.65 Å². The Morgan fingerprint density at radius 2 is 1.96 bits per heavy atom. The molecule has 1 aromatic carbocycles. The number of rotatable bonds is 4. The first-order chi connectivity index (χ1) is 13.0. The van der Waals surface area contributed by atoms with Gasteiger partial charge in [0, 0.05) is 12.3 Å². The van der Waals surface area contributed by atoms with Crippen LogP contribution in [0.2, 0.25) is 0 Å². The van der Waals surface area contributed by atoms with Gasteiger partial charge in [0.05, 0.1) is 11.8 Å². The number of hydrogen-bond acceptors (Lipinski definition) is 7. The zero-order chi connectivity index (χ0) is 19.0. The molecule has 27 heavy (non-hydrogen) atoms. The van der Waals surface area contributed by atoms with Gasteiger partial charge in [0.1, 0.15) is 30.5 Å². The summed E-state index contributed by atoms with van der Waals surface area (Å²) >= 11 is 0. The van der Waals surface area contributed by atoms with E-state index in [9.17, 15) is 13.7 Å². The molecule has 3 aromatic rings. The molecule has 4 rings (SSSR count). The maximum absolute atomic E-state index is 13.2. The van der Waals surface area contributed by atoms with E-state index in [0.717, 1.165) is 4.31 Å². The fourth-order valence-electron chi connectivity index (χ4n) is 2.83. The van der Waals surface area contributed by atoms with Gasteiger partial charge in [0.2, 0.25) is 0 Å². The monoisotopic (exact) mass is 385 g/mol. The molecule has 0 N–H and O–H groups in total. The van der Waals surface area contributed by atoms with E-state index in [4.69, 9.17) is 9.47 Å². The van der Waals surface area contributed by atoms with Gasteiger partial charge >= 0.3 is 0 Å². The minimum absolute atomic E-state index is 0.0306. The summed E-state index contributed by atoms with van der Waals surface area (Å²) in [6, 6.07) is 9.71. The lowest BCUT2D eigenvalue weighted by molar-refractivity contribution is 0.171. The highest BCUT2D eigenvalue weighted by atomic mass is 32.2. The Morgan fingerprint density at radius 1 is 1.19 bits per heavy atom. The lowest BCUT2D eigenvalue weighted by atomic mass is 10.2. The Balaban J connectivity index is 1.80. The van der Waals surface area contributed by atoms with Crippen molar-refractivity contribution in [2.24, 2.45) is 0 Å². The summed E-state index contributed by atoms with van der Waals surface area (Å²) in [5, 5.41) is 17.1. The number of pyridine rings is 1. The molecule has 0 saturated carbocycles. The van der Waals surface area contributed by atoms with E-state index in [0.29, 0.717) is 41.9 Å². The number of aryl methyl sites for hydroxylation is 1. The van der Waals surface area contributed by atoms with Crippen molar-refractivity contribution in [1.29, 1.82) is 5.26 Å². The second-order valence-corrected chi connectivity index (χ2v) is 7.70. The number of ether oxygens (including phenoxy) is 2. The third-order valence-corrected chi connectivity index (χ3v) is 5.92. The van der Waals surface area contributed by atoms with Crippen molar-refractivity contribution < 1.29 is 17.9 Å². The summed E-state index contributed by atoms with van der Waals surface area (Å²) in [5.41, 5.74) is 0.860. The number of sulfonamides is 1. The van der Waals surface area contributed by atoms with Crippen molar-refractivity contribution in [3.05, 3.63) is 42.4 Å². The van der Waals surface area contributed by atoms with Crippen LogP contribution in [0.3, 0.4) is 0 Å². The zero-order valence-corrected chi connectivity index (χ0v) is 15.2. The molecule has 0 aliphatic carbocycles. The molecule has 0 unspecified atom stereocenters. The van der Waals surface area contributed by atoms with Crippen molar-refractivity contribution in [3.63, 3.8) is 0 Å². The van der Waals surface area contributed by atoms with Crippen LogP contribution in [-0.4, -0.2) is 42.8 Å².